The summed E-state index contributed by atoms with van der Waals surface area (Å²) in [6.45, 7) is 0. The number of anilines is 1. The van der Waals surface area contributed by atoms with E-state index in [1.807, 2.05) is 0 Å². The van der Waals surface area contributed by atoms with Crippen LogP contribution in [-0.4, -0.2) is 41.8 Å². The molecular weight excluding hydrogens is 449 g/mol. The third-order valence-corrected chi connectivity index (χ3v) is 7.16. The largest absolute Gasteiger partial charge is 0.393 e. The Kier molecular flexibility index (Phi) is 7.34. The number of rotatable bonds is 6. The number of hydrogen-bond acceptors (Lipinski definition) is 6. The summed E-state index contributed by atoms with van der Waals surface area (Å²) in [5, 5.41) is 12.9. The average Bonchev–Trinajstić information content (AvgIpc) is 2.68. The molecule has 2 N–H and O–H groups in total. The van der Waals surface area contributed by atoms with Gasteiger partial charge in [0.25, 0.3) is 0 Å². The van der Waals surface area contributed by atoms with Gasteiger partial charge in [-0.2, -0.15) is 0 Å². The van der Waals surface area contributed by atoms with Gasteiger partial charge in [-0.15, -0.1) is 0 Å². The number of aliphatic hydroxyl groups is 1. The minimum absolute atomic E-state index is 0.0617. The average molecular weight is 472 g/mol. The van der Waals surface area contributed by atoms with Crippen LogP contribution in [0.3, 0.4) is 0 Å². The summed E-state index contributed by atoms with van der Waals surface area (Å²) in [5.41, 5.74) is 0.797. The van der Waals surface area contributed by atoms with Crippen LogP contribution in [0.2, 0.25) is 10.2 Å². The monoisotopic (exact) mass is 471 g/mol. The molecule has 162 valence electrons. The molecule has 3 rings (SSSR count). The minimum Gasteiger partial charge on any atom is -0.393 e. The number of nitrogens with zero attached hydrogens (tertiary/aromatic N) is 2. The van der Waals surface area contributed by atoms with Crippen molar-refractivity contribution in [3.63, 3.8) is 0 Å². The van der Waals surface area contributed by atoms with Crippen LogP contribution >= 0.6 is 23.2 Å². The number of aliphatic hydroxyl groups excluding tert-OH is 1. The Morgan fingerprint density at radius 1 is 1.20 bits per heavy atom. The summed E-state index contributed by atoms with van der Waals surface area (Å²) in [7, 11) is -3.45. The normalized spacial score (nSPS) is 20.5. The molecule has 1 atom stereocenters. The maximum Gasteiger partial charge on any atom is 0.226 e. The van der Waals surface area contributed by atoms with E-state index in [1.165, 1.54) is 18.5 Å². The summed E-state index contributed by atoms with van der Waals surface area (Å²) in [5.74, 6) is 0.0400. The third-order valence-electron chi connectivity index (χ3n) is 5.39. The maximum absolute atomic E-state index is 12.7. The van der Waals surface area contributed by atoms with E-state index in [2.05, 4.69) is 15.3 Å². The molecule has 0 saturated heterocycles. The number of halogens is 2. The summed E-state index contributed by atoms with van der Waals surface area (Å²) < 4.78 is 23.8. The molecular formula is C20H23Cl2N3O4S. The first-order chi connectivity index (χ1) is 14.1. The second-order valence-electron chi connectivity index (χ2n) is 7.61. The molecule has 0 spiro atoms. The number of benzene rings is 1. The Labute approximate surface area is 185 Å². The molecule has 2 aromatic rings. The summed E-state index contributed by atoms with van der Waals surface area (Å²) >= 11 is 12.0. The highest BCUT2D eigenvalue weighted by Gasteiger charge is 2.30. The zero-order chi connectivity index (χ0) is 21.9. The second-order valence-corrected chi connectivity index (χ2v) is 10.4. The summed E-state index contributed by atoms with van der Waals surface area (Å²) in [4.78, 5) is 20.7. The fourth-order valence-corrected chi connectivity index (χ4v) is 5.31. The first kappa shape index (κ1) is 22.9. The van der Waals surface area contributed by atoms with Gasteiger partial charge in [-0.1, -0.05) is 29.3 Å². The van der Waals surface area contributed by atoms with Crippen molar-refractivity contribution in [3.05, 3.63) is 46.3 Å². The van der Waals surface area contributed by atoms with E-state index < -0.39 is 9.84 Å². The topological polar surface area (TPSA) is 109 Å². The van der Waals surface area contributed by atoms with E-state index in [0.717, 1.165) is 24.7 Å². The van der Waals surface area contributed by atoms with E-state index in [1.54, 1.807) is 12.1 Å². The van der Waals surface area contributed by atoms with E-state index >= 15 is 0 Å². The summed E-state index contributed by atoms with van der Waals surface area (Å²) in [6, 6.07) is 4.83. The van der Waals surface area contributed by atoms with Crippen molar-refractivity contribution in [1.82, 2.24) is 9.97 Å². The second kappa shape index (κ2) is 9.60. The predicted octanol–water partition coefficient (Wildman–Crippen LogP) is 3.85. The molecule has 1 saturated carbocycles. The van der Waals surface area contributed by atoms with Crippen LogP contribution < -0.4 is 5.32 Å². The van der Waals surface area contributed by atoms with Gasteiger partial charge in [-0.05, 0) is 55.2 Å². The highest BCUT2D eigenvalue weighted by molar-refractivity contribution is 7.90. The lowest BCUT2D eigenvalue weighted by Gasteiger charge is -2.32. The van der Waals surface area contributed by atoms with Gasteiger partial charge in [0.2, 0.25) is 5.91 Å². The zero-order valence-corrected chi connectivity index (χ0v) is 18.7. The van der Waals surface area contributed by atoms with Gasteiger partial charge in [-0.25, -0.2) is 18.4 Å². The van der Waals surface area contributed by atoms with Crippen LogP contribution in [0.5, 0.6) is 0 Å². The number of sulfone groups is 1. The molecule has 1 aromatic heterocycles. The fraction of sp³-hybridized carbons (Fsp3) is 0.450. The van der Waals surface area contributed by atoms with E-state index in [4.69, 9.17) is 23.2 Å². The number of aromatic nitrogens is 2. The minimum atomic E-state index is -3.45. The fourth-order valence-electron chi connectivity index (χ4n) is 3.88. The number of carbonyl (C=O) groups is 1. The van der Waals surface area contributed by atoms with Crippen molar-refractivity contribution >= 4 is 44.8 Å². The van der Waals surface area contributed by atoms with Gasteiger partial charge >= 0.3 is 0 Å². The molecule has 10 heteroatoms. The Morgan fingerprint density at radius 3 is 2.47 bits per heavy atom. The molecule has 30 heavy (non-hydrogen) atoms. The van der Waals surface area contributed by atoms with E-state index in [9.17, 15) is 18.3 Å². The van der Waals surface area contributed by atoms with Crippen LogP contribution in [0.25, 0.3) is 0 Å². The lowest BCUT2D eigenvalue weighted by Crippen LogP contribution is -2.26. The molecule has 1 aromatic carbocycles. The van der Waals surface area contributed by atoms with E-state index in [0.29, 0.717) is 18.7 Å². The number of hydrogen-bond donors (Lipinski definition) is 2. The number of nitrogens with one attached hydrogen (secondary N) is 1. The van der Waals surface area contributed by atoms with Gasteiger partial charge in [-0.3, -0.25) is 4.79 Å². The lowest BCUT2D eigenvalue weighted by atomic mass is 9.74. The lowest BCUT2D eigenvalue weighted by molar-refractivity contribution is -0.117. The maximum atomic E-state index is 12.7. The predicted molar refractivity (Wildman–Crippen MR) is 116 cm³/mol. The molecule has 1 fully saturated rings. The molecule has 0 aliphatic heterocycles. The molecule has 7 nitrogen and oxygen atoms in total. The smallest absolute Gasteiger partial charge is 0.226 e. The highest BCUT2D eigenvalue weighted by atomic mass is 35.5. The van der Waals surface area contributed by atoms with Crippen LogP contribution in [-0.2, 0) is 14.6 Å². The number of amides is 1. The van der Waals surface area contributed by atoms with Crippen molar-refractivity contribution in [2.45, 2.75) is 49.0 Å². The Balaban J connectivity index is 1.84. The molecule has 1 amide bonds. The van der Waals surface area contributed by atoms with Crippen molar-refractivity contribution in [1.29, 1.82) is 0 Å². The highest BCUT2D eigenvalue weighted by Crippen LogP contribution is 2.40. The molecule has 1 aliphatic rings. The van der Waals surface area contributed by atoms with Gasteiger partial charge in [0.05, 0.1) is 28.4 Å². The Bertz CT molecular complexity index is 1010. The Hall–Kier alpha value is -1.74. The van der Waals surface area contributed by atoms with E-state index in [-0.39, 0.29) is 45.3 Å². The molecule has 1 heterocycles. The van der Waals surface area contributed by atoms with Crippen LogP contribution in [0.4, 0.5) is 5.82 Å². The third kappa shape index (κ3) is 5.91. The molecule has 0 bridgehead atoms. The summed E-state index contributed by atoms with van der Waals surface area (Å²) in [6.07, 6.45) is 6.55. The zero-order valence-electron chi connectivity index (χ0n) is 16.4. The van der Waals surface area contributed by atoms with Crippen molar-refractivity contribution in [3.8, 4) is 0 Å². The first-order valence-electron chi connectivity index (χ1n) is 9.58. The van der Waals surface area contributed by atoms with Crippen molar-refractivity contribution < 1.29 is 18.3 Å². The SMILES string of the molecule is CS(=O)(=O)c1ccc(C(CC(=O)Nc2cnc(Cl)cn2)C2CCC(O)CC2)cc1Cl. The van der Waals surface area contributed by atoms with Crippen LogP contribution in [0.15, 0.2) is 35.5 Å². The Morgan fingerprint density at radius 2 is 1.90 bits per heavy atom. The van der Waals surface area contributed by atoms with Crippen molar-refractivity contribution in [2.24, 2.45) is 5.92 Å². The van der Waals surface area contributed by atoms with Gasteiger partial charge in [0.1, 0.15) is 5.15 Å². The van der Waals surface area contributed by atoms with Crippen molar-refractivity contribution in [2.75, 3.05) is 11.6 Å². The van der Waals surface area contributed by atoms with Gasteiger partial charge < -0.3 is 10.4 Å². The van der Waals surface area contributed by atoms with Gasteiger partial charge in [0, 0.05) is 12.7 Å². The molecule has 1 unspecified atom stereocenters. The molecule has 0 radical (unpaired) electrons. The van der Waals surface area contributed by atoms with Crippen LogP contribution in [0, 0.1) is 5.92 Å². The van der Waals surface area contributed by atoms with Gasteiger partial charge in [0.15, 0.2) is 15.7 Å². The number of carbonyl (C=O) groups excluding carboxylic acids is 1. The van der Waals surface area contributed by atoms with Crippen LogP contribution in [0.1, 0.15) is 43.6 Å². The quantitative estimate of drug-likeness (QED) is 0.661. The first-order valence-corrected chi connectivity index (χ1v) is 12.2. The standard InChI is InChI=1S/C20H23Cl2N3O4S/c1-30(28,29)17-7-4-13(8-16(17)21)15(12-2-5-14(26)6-3-12)9-20(27)25-19-11-23-18(22)10-24-19/h4,7-8,10-12,14-15,26H,2-3,5-6,9H2,1H3,(H,24,25,27). The molecule has 1 aliphatic carbocycles.